The molecule has 4 nitrogen and oxygen atoms in total. The van der Waals surface area contributed by atoms with Crippen molar-refractivity contribution in [2.45, 2.75) is 37.3 Å². The smallest absolute Gasteiger partial charge is 0.240 e. The summed E-state index contributed by atoms with van der Waals surface area (Å²) in [4.78, 5) is -0.0975. The van der Waals surface area contributed by atoms with Crippen LogP contribution in [0.2, 0.25) is 0 Å². The van der Waals surface area contributed by atoms with Gasteiger partial charge in [0.15, 0.2) is 0 Å². The van der Waals surface area contributed by atoms with Crippen LogP contribution in [0, 0.1) is 11.2 Å². The minimum atomic E-state index is -3.74. The summed E-state index contributed by atoms with van der Waals surface area (Å²) >= 11 is 0. The predicted octanol–water partition coefficient (Wildman–Crippen LogP) is 1.26. The van der Waals surface area contributed by atoms with Gasteiger partial charge in [0.25, 0.3) is 0 Å². The van der Waals surface area contributed by atoms with Gasteiger partial charge in [-0.2, -0.15) is 0 Å². The first-order valence-corrected chi connectivity index (χ1v) is 7.18. The van der Waals surface area contributed by atoms with E-state index in [4.69, 9.17) is 0 Å². The number of benzene rings is 1. The van der Waals surface area contributed by atoms with E-state index in [-0.39, 0.29) is 10.9 Å². The summed E-state index contributed by atoms with van der Waals surface area (Å²) in [5.41, 5.74) is -0.500. The van der Waals surface area contributed by atoms with Gasteiger partial charge in [0.1, 0.15) is 5.82 Å². The van der Waals surface area contributed by atoms with Gasteiger partial charge in [0.05, 0.1) is 11.0 Å². The normalized spacial score (nSPS) is 26.7. The summed E-state index contributed by atoms with van der Waals surface area (Å²) in [6, 6.07) is 4.53. The van der Waals surface area contributed by atoms with Crippen molar-refractivity contribution in [2.75, 3.05) is 0 Å². The van der Waals surface area contributed by atoms with Crippen molar-refractivity contribution >= 4 is 10.0 Å². The Morgan fingerprint density at radius 2 is 2.11 bits per heavy atom. The van der Waals surface area contributed by atoms with E-state index in [9.17, 15) is 17.9 Å². The fourth-order valence-electron chi connectivity index (χ4n) is 1.99. The van der Waals surface area contributed by atoms with E-state index in [0.717, 1.165) is 6.07 Å². The molecule has 2 rings (SSSR count). The lowest BCUT2D eigenvalue weighted by molar-refractivity contribution is -0.0645. The minimum Gasteiger partial charge on any atom is -0.392 e. The molecule has 1 saturated carbocycles. The second-order valence-electron chi connectivity index (χ2n) is 5.20. The van der Waals surface area contributed by atoms with Gasteiger partial charge in [-0.15, -0.1) is 0 Å². The molecule has 0 amide bonds. The molecule has 18 heavy (non-hydrogen) atoms. The highest BCUT2D eigenvalue weighted by molar-refractivity contribution is 7.89. The Kier molecular flexibility index (Phi) is 3.21. The monoisotopic (exact) mass is 273 g/mol. The number of halogens is 1. The van der Waals surface area contributed by atoms with E-state index in [1.54, 1.807) is 13.8 Å². The molecule has 0 heterocycles. The van der Waals surface area contributed by atoms with Crippen LogP contribution in [0.4, 0.5) is 4.39 Å². The van der Waals surface area contributed by atoms with E-state index in [0.29, 0.717) is 6.42 Å². The molecule has 1 aromatic rings. The van der Waals surface area contributed by atoms with Crippen molar-refractivity contribution in [3.8, 4) is 0 Å². The lowest BCUT2D eigenvalue weighted by Crippen LogP contribution is -2.61. The van der Waals surface area contributed by atoms with Crippen molar-refractivity contribution in [1.82, 2.24) is 4.72 Å². The highest BCUT2D eigenvalue weighted by Crippen LogP contribution is 2.41. The van der Waals surface area contributed by atoms with E-state index in [2.05, 4.69) is 4.72 Å². The SMILES string of the molecule is CC1(C)C(O)CC1NS(=O)(=O)c1cccc(F)c1. The molecule has 0 aliphatic heterocycles. The number of hydrogen-bond acceptors (Lipinski definition) is 3. The lowest BCUT2D eigenvalue weighted by Gasteiger charge is -2.49. The molecule has 1 aliphatic rings. The fourth-order valence-corrected chi connectivity index (χ4v) is 3.43. The summed E-state index contributed by atoms with van der Waals surface area (Å²) in [7, 11) is -3.74. The lowest BCUT2D eigenvalue weighted by atomic mass is 9.65. The molecule has 1 aliphatic carbocycles. The molecule has 2 unspecified atom stereocenters. The van der Waals surface area contributed by atoms with Crippen LogP contribution in [-0.4, -0.2) is 25.7 Å². The highest BCUT2D eigenvalue weighted by Gasteiger charge is 2.48. The number of sulfonamides is 1. The van der Waals surface area contributed by atoms with Crippen LogP contribution < -0.4 is 4.72 Å². The van der Waals surface area contributed by atoms with Crippen LogP contribution in [0.5, 0.6) is 0 Å². The molecule has 2 N–H and O–H groups in total. The largest absolute Gasteiger partial charge is 0.392 e. The third kappa shape index (κ3) is 2.28. The number of hydrogen-bond donors (Lipinski definition) is 2. The van der Waals surface area contributed by atoms with Crippen molar-refractivity contribution in [3.63, 3.8) is 0 Å². The summed E-state index contributed by atoms with van der Waals surface area (Å²) in [5, 5.41) is 9.56. The topological polar surface area (TPSA) is 66.4 Å². The predicted molar refractivity (Wildman–Crippen MR) is 64.9 cm³/mol. The van der Waals surface area contributed by atoms with Gasteiger partial charge in [-0.25, -0.2) is 17.5 Å². The second-order valence-corrected chi connectivity index (χ2v) is 6.92. The van der Waals surface area contributed by atoms with Crippen LogP contribution in [-0.2, 0) is 10.0 Å². The van der Waals surface area contributed by atoms with Crippen molar-refractivity contribution < 1.29 is 17.9 Å². The molecule has 0 spiro atoms. The molecule has 1 fully saturated rings. The van der Waals surface area contributed by atoms with Crippen molar-refractivity contribution in [3.05, 3.63) is 30.1 Å². The average Bonchev–Trinajstić information content (AvgIpc) is 2.28. The van der Waals surface area contributed by atoms with E-state index in [1.165, 1.54) is 18.2 Å². The minimum absolute atomic E-state index is 0.0975. The first-order chi connectivity index (χ1) is 8.23. The molecular formula is C12H16FNO3S. The Morgan fingerprint density at radius 1 is 1.44 bits per heavy atom. The van der Waals surface area contributed by atoms with Crippen LogP contribution in [0.1, 0.15) is 20.3 Å². The van der Waals surface area contributed by atoms with Crippen LogP contribution in [0.15, 0.2) is 29.2 Å². The van der Waals surface area contributed by atoms with E-state index in [1.807, 2.05) is 0 Å². The molecule has 2 atom stereocenters. The van der Waals surface area contributed by atoms with Crippen LogP contribution in [0.25, 0.3) is 0 Å². The van der Waals surface area contributed by atoms with E-state index < -0.39 is 27.4 Å². The number of nitrogens with one attached hydrogen (secondary N) is 1. The van der Waals surface area contributed by atoms with Gasteiger partial charge in [-0.1, -0.05) is 19.9 Å². The molecule has 0 radical (unpaired) electrons. The van der Waals surface area contributed by atoms with Gasteiger partial charge in [0, 0.05) is 11.5 Å². The highest BCUT2D eigenvalue weighted by atomic mass is 32.2. The van der Waals surface area contributed by atoms with Crippen molar-refractivity contribution in [1.29, 1.82) is 0 Å². The van der Waals surface area contributed by atoms with Gasteiger partial charge in [-0.05, 0) is 24.6 Å². The Morgan fingerprint density at radius 3 is 2.61 bits per heavy atom. The van der Waals surface area contributed by atoms with Gasteiger partial charge >= 0.3 is 0 Å². The fraction of sp³-hybridized carbons (Fsp3) is 0.500. The van der Waals surface area contributed by atoms with E-state index >= 15 is 0 Å². The summed E-state index contributed by atoms with van der Waals surface area (Å²) in [6.45, 7) is 3.58. The second kappa shape index (κ2) is 4.29. The molecule has 100 valence electrons. The first-order valence-electron chi connectivity index (χ1n) is 5.69. The number of aliphatic hydroxyl groups excluding tert-OH is 1. The quantitative estimate of drug-likeness (QED) is 0.871. The molecule has 0 saturated heterocycles. The Bertz CT molecular complexity index is 556. The number of rotatable bonds is 3. The third-order valence-corrected chi connectivity index (χ3v) is 5.09. The standard InChI is InChI=1S/C12H16FNO3S/c1-12(2)10(7-11(12)15)14-18(16,17)9-5-3-4-8(13)6-9/h3-6,10-11,14-15H,7H2,1-2H3. The Balaban J connectivity index is 2.19. The molecule has 0 aromatic heterocycles. The molecule has 1 aromatic carbocycles. The van der Waals surface area contributed by atoms with Crippen LogP contribution >= 0.6 is 0 Å². The maximum Gasteiger partial charge on any atom is 0.240 e. The van der Waals surface area contributed by atoms with Crippen LogP contribution in [0.3, 0.4) is 0 Å². The maximum absolute atomic E-state index is 13.0. The zero-order chi connectivity index (χ0) is 13.6. The summed E-state index contributed by atoms with van der Waals surface area (Å²) < 4.78 is 39.6. The van der Waals surface area contributed by atoms with Crippen molar-refractivity contribution in [2.24, 2.45) is 5.41 Å². The molecule has 6 heteroatoms. The number of aliphatic hydroxyl groups is 1. The summed E-state index contributed by atoms with van der Waals surface area (Å²) in [6.07, 6.45) is -0.139. The zero-order valence-corrected chi connectivity index (χ0v) is 11.0. The maximum atomic E-state index is 13.0. The summed E-state index contributed by atoms with van der Waals surface area (Å²) in [5.74, 6) is -0.592. The average molecular weight is 273 g/mol. The third-order valence-electron chi connectivity index (χ3n) is 3.62. The molecular weight excluding hydrogens is 257 g/mol. The Labute approximate surface area is 106 Å². The van der Waals surface area contributed by atoms with Gasteiger partial charge in [0.2, 0.25) is 10.0 Å². The molecule has 0 bridgehead atoms. The Hall–Kier alpha value is -0.980. The van der Waals surface area contributed by atoms with Gasteiger partial charge in [-0.3, -0.25) is 0 Å². The first kappa shape index (κ1) is 13.5. The zero-order valence-electron chi connectivity index (χ0n) is 10.2. The van der Waals surface area contributed by atoms with Gasteiger partial charge < -0.3 is 5.11 Å².